The maximum atomic E-state index is 10.6. The predicted octanol–water partition coefficient (Wildman–Crippen LogP) is 0.647. The Hall–Kier alpha value is -1.80. The van der Waals surface area contributed by atoms with Crippen molar-refractivity contribution in [3.63, 3.8) is 0 Å². The molecule has 2 aliphatic heterocycles. The van der Waals surface area contributed by atoms with Crippen LogP contribution < -0.4 is 0 Å². The lowest BCUT2D eigenvalue weighted by Crippen LogP contribution is -2.18. The second kappa shape index (κ2) is 7.71. The lowest BCUT2D eigenvalue weighted by molar-refractivity contribution is 0.0541. The Morgan fingerprint density at radius 1 is 0.900 bits per heavy atom. The molecule has 0 radical (unpaired) electrons. The number of carbonyl (C=O) groups is 2. The first kappa shape index (κ1) is 14.6. The summed E-state index contributed by atoms with van der Waals surface area (Å²) < 4.78 is 29.3. The molecule has 112 valence electrons. The Kier molecular flexibility index (Phi) is 5.63. The Bertz CT molecular complexity index is 332. The van der Waals surface area contributed by atoms with E-state index in [2.05, 4.69) is 9.47 Å². The monoisotopic (exact) mass is 288 g/mol. The van der Waals surface area contributed by atoms with Crippen LogP contribution in [0.3, 0.4) is 0 Å². The molecule has 2 unspecified atom stereocenters. The molecule has 2 atom stereocenters. The van der Waals surface area contributed by atoms with Crippen LogP contribution in [0.1, 0.15) is 0 Å². The lowest BCUT2D eigenvalue weighted by Gasteiger charge is -2.06. The molecule has 0 amide bonds. The van der Waals surface area contributed by atoms with Gasteiger partial charge in [0.1, 0.15) is 13.2 Å². The fourth-order valence-electron chi connectivity index (χ4n) is 1.57. The van der Waals surface area contributed by atoms with E-state index in [-0.39, 0.29) is 25.4 Å². The Labute approximate surface area is 115 Å². The average Bonchev–Trinajstić information content (AvgIpc) is 3.02. The van der Waals surface area contributed by atoms with Crippen molar-refractivity contribution < 1.29 is 38.0 Å². The van der Waals surface area contributed by atoms with Gasteiger partial charge in [0.2, 0.25) is 0 Å². The largest absolute Gasteiger partial charge is 0.508 e. The summed E-state index contributed by atoms with van der Waals surface area (Å²) in [5.41, 5.74) is 0. The summed E-state index contributed by atoms with van der Waals surface area (Å²) in [5.74, 6) is 0. The van der Waals surface area contributed by atoms with Crippen molar-refractivity contribution in [1.82, 2.24) is 0 Å². The lowest BCUT2D eigenvalue weighted by atomic mass is 10.4. The maximum Gasteiger partial charge on any atom is 0.508 e. The SMILES string of the molecule is O=C1OCC(COC/C=C/COCC2COC(=O)O2)O1. The van der Waals surface area contributed by atoms with Gasteiger partial charge < -0.3 is 28.4 Å². The normalized spacial score (nSPS) is 25.4. The van der Waals surface area contributed by atoms with Crippen molar-refractivity contribution >= 4 is 12.3 Å². The molecule has 2 fully saturated rings. The number of rotatable bonds is 8. The molecule has 2 saturated heterocycles. The average molecular weight is 288 g/mol. The topological polar surface area (TPSA) is 89.5 Å². The molecule has 0 N–H and O–H groups in total. The number of cyclic esters (lactones) is 4. The molecule has 2 rings (SSSR count). The summed E-state index contributed by atoms with van der Waals surface area (Å²) >= 11 is 0. The number of ether oxygens (including phenoxy) is 6. The first-order valence-corrected chi connectivity index (χ1v) is 6.21. The van der Waals surface area contributed by atoms with Gasteiger partial charge >= 0.3 is 12.3 Å². The third kappa shape index (κ3) is 5.06. The molecule has 0 saturated carbocycles. The van der Waals surface area contributed by atoms with Crippen molar-refractivity contribution in [2.75, 3.05) is 39.6 Å². The molecule has 2 heterocycles. The van der Waals surface area contributed by atoms with Gasteiger partial charge in [0, 0.05) is 0 Å². The molecular formula is C12H16O8. The minimum atomic E-state index is -0.654. The van der Waals surface area contributed by atoms with Crippen molar-refractivity contribution in [2.45, 2.75) is 12.2 Å². The van der Waals surface area contributed by atoms with E-state index in [4.69, 9.17) is 18.9 Å². The van der Waals surface area contributed by atoms with E-state index in [0.29, 0.717) is 26.4 Å². The molecule has 0 aromatic rings. The molecular weight excluding hydrogens is 272 g/mol. The highest BCUT2D eigenvalue weighted by Crippen LogP contribution is 2.07. The van der Waals surface area contributed by atoms with Crippen LogP contribution in [0.2, 0.25) is 0 Å². The summed E-state index contributed by atoms with van der Waals surface area (Å²) in [6.07, 6.45) is 1.61. The van der Waals surface area contributed by atoms with Gasteiger partial charge in [0.05, 0.1) is 26.4 Å². The van der Waals surface area contributed by atoms with Crippen LogP contribution in [0.25, 0.3) is 0 Å². The third-order valence-corrected chi connectivity index (χ3v) is 2.50. The molecule has 8 heteroatoms. The smallest absolute Gasteiger partial charge is 0.430 e. The van der Waals surface area contributed by atoms with E-state index in [9.17, 15) is 9.59 Å². The van der Waals surface area contributed by atoms with Crippen molar-refractivity contribution in [1.29, 1.82) is 0 Å². The van der Waals surface area contributed by atoms with E-state index in [1.54, 1.807) is 12.2 Å². The van der Waals surface area contributed by atoms with Crippen LogP contribution in [0.15, 0.2) is 12.2 Å². The highest BCUT2D eigenvalue weighted by molar-refractivity contribution is 5.62. The van der Waals surface area contributed by atoms with Gasteiger partial charge in [-0.25, -0.2) is 9.59 Å². The van der Waals surface area contributed by atoms with E-state index in [1.165, 1.54) is 0 Å². The highest BCUT2D eigenvalue weighted by Gasteiger charge is 2.25. The zero-order valence-corrected chi connectivity index (χ0v) is 10.8. The molecule has 0 aromatic heterocycles. The van der Waals surface area contributed by atoms with Crippen LogP contribution in [-0.2, 0) is 28.4 Å². The van der Waals surface area contributed by atoms with Crippen molar-refractivity contribution in [2.24, 2.45) is 0 Å². The van der Waals surface area contributed by atoms with Crippen LogP contribution in [0.5, 0.6) is 0 Å². The van der Waals surface area contributed by atoms with Crippen LogP contribution in [0.4, 0.5) is 9.59 Å². The zero-order valence-electron chi connectivity index (χ0n) is 10.8. The zero-order chi connectivity index (χ0) is 14.2. The van der Waals surface area contributed by atoms with Crippen LogP contribution in [0, 0.1) is 0 Å². The summed E-state index contributed by atoms with van der Waals surface area (Å²) in [4.78, 5) is 21.2. The summed E-state index contributed by atoms with van der Waals surface area (Å²) in [7, 11) is 0. The standard InChI is InChI=1S/C12H16O8/c13-11-17-7-9(19-11)5-15-3-1-2-4-16-6-10-8-18-12(14)20-10/h1-2,9-10H,3-8H2/b2-1+. The summed E-state index contributed by atoms with van der Waals surface area (Å²) in [6.45, 7) is 1.83. The van der Waals surface area contributed by atoms with Gasteiger partial charge in [0.25, 0.3) is 0 Å². The second-order valence-corrected chi connectivity index (χ2v) is 4.15. The van der Waals surface area contributed by atoms with Gasteiger partial charge in [-0.15, -0.1) is 0 Å². The van der Waals surface area contributed by atoms with Crippen LogP contribution >= 0.6 is 0 Å². The van der Waals surface area contributed by atoms with Gasteiger partial charge in [-0.05, 0) is 0 Å². The quantitative estimate of drug-likeness (QED) is 0.365. The van der Waals surface area contributed by atoms with Gasteiger partial charge in [-0.1, -0.05) is 12.2 Å². The fourth-order valence-corrected chi connectivity index (χ4v) is 1.57. The number of hydrogen-bond acceptors (Lipinski definition) is 8. The first-order valence-electron chi connectivity index (χ1n) is 6.21. The second-order valence-electron chi connectivity index (χ2n) is 4.15. The Morgan fingerprint density at radius 3 is 1.70 bits per heavy atom. The first-order chi connectivity index (χ1) is 9.74. The predicted molar refractivity (Wildman–Crippen MR) is 63.2 cm³/mol. The van der Waals surface area contributed by atoms with Crippen molar-refractivity contribution in [3.8, 4) is 0 Å². The van der Waals surface area contributed by atoms with E-state index in [1.807, 2.05) is 0 Å². The fraction of sp³-hybridized carbons (Fsp3) is 0.667. The molecule has 0 spiro atoms. The number of hydrogen-bond donors (Lipinski definition) is 0. The van der Waals surface area contributed by atoms with Gasteiger partial charge in [-0.2, -0.15) is 0 Å². The minimum absolute atomic E-state index is 0.230. The molecule has 2 aliphatic rings. The molecule has 0 bridgehead atoms. The summed E-state index contributed by atoms with van der Waals surface area (Å²) in [5, 5.41) is 0. The van der Waals surface area contributed by atoms with E-state index < -0.39 is 12.3 Å². The minimum Gasteiger partial charge on any atom is -0.430 e. The summed E-state index contributed by atoms with van der Waals surface area (Å²) in [6, 6.07) is 0. The molecule has 20 heavy (non-hydrogen) atoms. The Balaban J connectivity index is 1.42. The Morgan fingerprint density at radius 2 is 1.35 bits per heavy atom. The van der Waals surface area contributed by atoms with Crippen molar-refractivity contribution in [3.05, 3.63) is 12.2 Å². The van der Waals surface area contributed by atoms with E-state index in [0.717, 1.165) is 0 Å². The van der Waals surface area contributed by atoms with Gasteiger partial charge in [0.15, 0.2) is 12.2 Å². The van der Waals surface area contributed by atoms with Gasteiger partial charge in [-0.3, -0.25) is 0 Å². The molecule has 8 nitrogen and oxygen atoms in total. The third-order valence-electron chi connectivity index (χ3n) is 2.50. The highest BCUT2D eigenvalue weighted by atomic mass is 16.8. The van der Waals surface area contributed by atoms with E-state index >= 15 is 0 Å². The van der Waals surface area contributed by atoms with Crippen LogP contribution in [-0.4, -0.2) is 64.2 Å². The maximum absolute atomic E-state index is 10.6. The molecule has 0 aromatic carbocycles. The molecule has 0 aliphatic carbocycles. The number of carbonyl (C=O) groups excluding carboxylic acids is 2.